The molecule has 0 unspecified atom stereocenters. The van der Waals surface area contributed by atoms with E-state index in [1.807, 2.05) is 0 Å². The molecule has 2 aromatic heterocycles. The molecule has 7 heteroatoms. The van der Waals surface area contributed by atoms with Crippen molar-refractivity contribution in [2.75, 3.05) is 5.32 Å². The van der Waals surface area contributed by atoms with Crippen LogP contribution in [0.3, 0.4) is 0 Å². The van der Waals surface area contributed by atoms with Gasteiger partial charge in [-0.25, -0.2) is 15.0 Å². The molecule has 4 nitrogen and oxygen atoms in total. The van der Waals surface area contributed by atoms with Crippen molar-refractivity contribution in [2.45, 2.75) is 38.9 Å². The summed E-state index contributed by atoms with van der Waals surface area (Å²) in [5.74, 6) is 1.45. The van der Waals surface area contributed by atoms with Gasteiger partial charge in [0.15, 0.2) is 5.82 Å². The van der Waals surface area contributed by atoms with Crippen LogP contribution in [0.1, 0.15) is 31.2 Å². The number of aromatic nitrogens is 3. The molecule has 0 radical (unpaired) electrons. The highest BCUT2D eigenvalue weighted by atomic mass is 19.4. The molecular formula is C16H17F3N4. The van der Waals surface area contributed by atoms with E-state index in [2.05, 4.69) is 27.2 Å². The fourth-order valence-corrected chi connectivity index (χ4v) is 2.42. The summed E-state index contributed by atoms with van der Waals surface area (Å²) in [7, 11) is 0. The van der Waals surface area contributed by atoms with Gasteiger partial charge in [-0.05, 0) is 44.7 Å². The van der Waals surface area contributed by atoms with Gasteiger partial charge < -0.3 is 5.32 Å². The van der Waals surface area contributed by atoms with Crippen LogP contribution in [-0.4, -0.2) is 21.0 Å². The smallest absolute Gasteiger partial charge is 0.367 e. The van der Waals surface area contributed by atoms with Gasteiger partial charge in [-0.3, -0.25) is 0 Å². The average Bonchev–Trinajstić information content (AvgIpc) is 3.30. The number of halogens is 3. The fourth-order valence-electron chi connectivity index (χ4n) is 2.42. The lowest BCUT2D eigenvalue weighted by atomic mass is 10.2. The zero-order chi connectivity index (χ0) is 16.6. The Hall–Kier alpha value is -2.18. The molecule has 0 saturated heterocycles. The molecule has 3 rings (SSSR count). The van der Waals surface area contributed by atoms with E-state index in [0.717, 1.165) is 6.07 Å². The van der Waals surface area contributed by atoms with Crippen molar-refractivity contribution in [1.29, 1.82) is 0 Å². The van der Waals surface area contributed by atoms with E-state index >= 15 is 0 Å². The molecule has 1 aliphatic rings. The number of rotatable bonds is 4. The van der Waals surface area contributed by atoms with Gasteiger partial charge in [0, 0.05) is 17.8 Å². The highest BCUT2D eigenvalue weighted by molar-refractivity contribution is 5.53. The SMILES string of the molecule is Cc1cc(N[C@H](C)C2CC2)nc(-c2cccc(C(F)(F)F)n2)n1. The molecule has 1 aliphatic carbocycles. The Kier molecular flexibility index (Phi) is 3.95. The van der Waals surface area contributed by atoms with Crippen LogP contribution in [0.15, 0.2) is 24.3 Å². The first-order chi connectivity index (χ1) is 10.8. The number of aryl methyl sites for hydroxylation is 1. The van der Waals surface area contributed by atoms with Crippen molar-refractivity contribution in [2.24, 2.45) is 5.92 Å². The Bertz CT molecular complexity index is 711. The van der Waals surface area contributed by atoms with Gasteiger partial charge in [-0.15, -0.1) is 0 Å². The zero-order valence-electron chi connectivity index (χ0n) is 12.9. The molecule has 0 aliphatic heterocycles. The highest BCUT2D eigenvalue weighted by Gasteiger charge is 2.32. The van der Waals surface area contributed by atoms with Gasteiger partial charge in [-0.1, -0.05) is 6.07 Å². The van der Waals surface area contributed by atoms with E-state index in [-0.39, 0.29) is 17.6 Å². The molecule has 2 heterocycles. The van der Waals surface area contributed by atoms with Crippen molar-refractivity contribution >= 4 is 5.82 Å². The molecule has 1 fully saturated rings. The second-order valence-electron chi connectivity index (χ2n) is 5.89. The molecule has 0 spiro atoms. The first kappa shape index (κ1) is 15.7. The van der Waals surface area contributed by atoms with Gasteiger partial charge in [0.1, 0.15) is 17.2 Å². The third-order valence-electron chi connectivity index (χ3n) is 3.83. The molecule has 2 aromatic rings. The van der Waals surface area contributed by atoms with E-state index in [0.29, 0.717) is 17.4 Å². The second kappa shape index (κ2) is 5.79. The summed E-state index contributed by atoms with van der Waals surface area (Å²) in [6, 6.07) is 5.81. The number of nitrogens with one attached hydrogen (secondary N) is 1. The zero-order valence-corrected chi connectivity index (χ0v) is 12.9. The molecule has 23 heavy (non-hydrogen) atoms. The van der Waals surface area contributed by atoms with Crippen molar-refractivity contribution in [3.63, 3.8) is 0 Å². The summed E-state index contributed by atoms with van der Waals surface area (Å²) < 4.78 is 38.4. The van der Waals surface area contributed by atoms with Crippen LogP contribution in [0.25, 0.3) is 11.5 Å². The first-order valence-electron chi connectivity index (χ1n) is 7.50. The minimum absolute atomic E-state index is 0.116. The number of alkyl halides is 3. The number of hydrogen-bond acceptors (Lipinski definition) is 4. The monoisotopic (exact) mass is 322 g/mol. The molecule has 0 amide bonds. The number of pyridine rings is 1. The lowest BCUT2D eigenvalue weighted by molar-refractivity contribution is -0.141. The highest BCUT2D eigenvalue weighted by Crippen LogP contribution is 2.34. The Morgan fingerprint density at radius 1 is 1.17 bits per heavy atom. The second-order valence-corrected chi connectivity index (χ2v) is 5.89. The van der Waals surface area contributed by atoms with Crippen molar-refractivity contribution in [1.82, 2.24) is 15.0 Å². The topological polar surface area (TPSA) is 50.7 Å². The van der Waals surface area contributed by atoms with Gasteiger partial charge in [0.2, 0.25) is 0 Å². The Balaban J connectivity index is 1.91. The van der Waals surface area contributed by atoms with Crippen LogP contribution in [0.5, 0.6) is 0 Å². The predicted octanol–water partition coefficient (Wildman–Crippen LogP) is 4.08. The summed E-state index contributed by atoms with van der Waals surface area (Å²) in [4.78, 5) is 12.2. The van der Waals surface area contributed by atoms with Gasteiger partial charge in [-0.2, -0.15) is 13.2 Å². The van der Waals surface area contributed by atoms with Gasteiger partial charge >= 0.3 is 6.18 Å². The molecule has 0 aromatic carbocycles. The predicted molar refractivity (Wildman–Crippen MR) is 80.8 cm³/mol. The number of nitrogens with zero attached hydrogens (tertiary/aromatic N) is 3. The molecular weight excluding hydrogens is 305 g/mol. The van der Waals surface area contributed by atoms with E-state index < -0.39 is 11.9 Å². The Labute approximate surface area is 132 Å². The Morgan fingerprint density at radius 2 is 1.91 bits per heavy atom. The molecule has 1 atom stereocenters. The normalized spacial score (nSPS) is 16.2. The quantitative estimate of drug-likeness (QED) is 0.921. The Morgan fingerprint density at radius 3 is 2.57 bits per heavy atom. The van der Waals surface area contributed by atoms with Crippen molar-refractivity contribution in [3.8, 4) is 11.5 Å². The summed E-state index contributed by atoms with van der Waals surface area (Å²) in [6.07, 6.45) is -2.10. The van der Waals surface area contributed by atoms with Crippen LogP contribution in [-0.2, 0) is 6.18 Å². The van der Waals surface area contributed by atoms with Crippen LogP contribution >= 0.6 is 0 Å². The third-order valence-corrected chi connectivity index (χ3v) is 3.83. The van der Waals surface area contributed by atoms with E-state index in [1.54, 1.807) is 13.0 Å². The van der Waals surface area contributed by atoms with Crippen LogP contribution < -0.4 is 5.32 Å². The van der Waals surface area contributed by atoms with Gasteiger partial charge in [0.25, 0.3) is 0 Å². The molecule has 122 valence electrons. The first-order valence-corrected chi connectivity index (χ1v) is 7.50. The van der Waals surface area contributed by atoms with Crippen LogP contribution in [0, 0.1) is 12.8 Å². The van der Waals surface area contributed by atoms with Crippen molar-refractivity contribution in [3.05, 3.63) is 35.7 Å². The minimum Gasteiger partial charge on any atom is -0.367 e. The maximum absolute atomic E-state index is 12.8. The number of anilines is 1. The minimum atomic E-state index is -4.48. The summed E-state index contributed by atoms with van der Waals surface area (Å²) in [5.41, 5.74) is -0.147. The summed E-state index contributed by atoms with van der Waals surface area (Å²) in [6.45, 7) is 3.86. The molecule has 0 bridgehead atoms. The lowest BCUT2D eigenvalue weighted by Gasteiger charge is -2.14. The summed E-state index contributed by atoms with van der Waals surface area (Å²) >= 11 is 0. The largest absolute Gasteiger partial charge is 0.433 e. The molecule has 1 saturated carbocycles. The standard InChI is InChI=1S/C16H17F3N4/c1-9-8-14(21-10(2)11-6-7-11)23-15(20-9)12-4-3-5-13(22-12)16(17,18)19/h3-5,8,10-11H,6-7H2,1-2H3,(H,20,21,23)/t10-/m1/s1. The van der Waals surface area contributed by atoms with E-state index in [1.165, 1.54) is 25.0 Å². The van der Waals surface area contributed by atoms with Crippen molar-refractivity contribution < 1.29 is 13.2 Å². The lowest BCUT2D eigenvalue weighted by Crippen LogP contribution is -2.18. The van der Waals surface area contributed by atoms with Crippen LogP contribution in [0.4, 0.5) is 19.0 Å². The average molecular weight is 322 g/mol. The summed E-state index contributed by atoms with van der Waals surface area (Å²) in [5, 5.41) is 3.30. The van der Waals surface area contributed by atoms with E-state index in [9.17, 15) is 13.2 Å². The number of hydrogen-bond donors (Lipinski definition) is 1. The van der Waals surface area contributed by atoms with Gasteiger partial charge in [0.05, 0.1) is 0 Å². The van der Waals surface area contributed by atoms with Crippen LogP contribution in [0.2, 0.25) is 0 Å². The third kappa shape index (κ3) is 3.78. The van der Waals surface area contributed by atoms with E-state index in [4.69, 9.17) is 0 Å². The fraction of sp³-hybridized carbons (Fsp3) is 0.438. The maximum atomic E-state index is 12.8. The molecule has 1 N–H and O–H groups in total. The maximum Gasteiger partial charge on any atom is 0.433 e.